The highest BCUT2D eigenvalue weighted by atomic mass is 19.1. The first kappa shape index (κ1) is 15.1. The first-order valence-corrected chi connectivity index (χ1v) is 6.61. The molecular formula is C16H17FN2O2. The highest BCUT2D eigenvalue weighted by molar-refractivity contribution is 5.40. The van der Waals surface area contributed by atoms with Gasteiger partial charge in [0.1, 0.15) is 18.2 Å². The maximum absolute atomic E-state index is 13.5. The third-order valence-electron chi connectivity index (χ3n) is 2.83. The van der Waals surface area contributed by atoms with Crippen LogP contribution in [-0.4, -0.2) is 21.5 Å². The molecular weight excluding hydrogens is 271 g/mol. The number of aliphatic hydroxyl groups is 1. The summed E-state index contributed by atoms with van der Waals surface area (Å²) in [5.41, 5.74) is 2.34. The molecule has 5 heteroatoms. The van der Waals surface area contributed by atoms with Gasteiger partial charge in [0.25, 0.3) is 0 Å². The van der Waals surface area contributed by atoms with Crippen LogP contribution in [0.5, 0.6) is 5.75 Å². The van der Waals surface area contributed by atoms with E-state index >= 15 is 0 Å². The van der Waals surface area contributed by atoms with Gasteiger partial charge in [-0.25, -0.2) is 4.39 Å². The average Bonchev–Trinajstić information content (AvgIpc) is 2.74. The van der Waals surface area contributed by atoms with Crippen molar-refractivity contribution in [1.82, 2.24) is 9.78 Å². The van der Waals surface area contributed by atoms with E-state index in [1.54, 1.807) is 10.7 Å². The van der Waals surface area contributed by atoms with Crippen LogP contribution in [0, 0.1) is 24.6 Å². The topological polar surface area (TPSA) is 47.3 Å². The zero-order chi connectivity index (χ0) is 15.2. The summed E-state index contributed by atoms with van der Waals surface area (Å²) in [5.74, 6) is 5.57. The predicted octanol–water partition coefficient (Wildman–Crippen LogP) is 2.18. The minimum absolute atomic E-state index is 0.00842. The van der Waals surface area contributed by atoms with E-state index in [-0.39, 0.29) is 6.61 Å². The molecule has 0 radical (unpaired) electrons. The molecule has 0 fully saturated rings. The minimum Gasteiger partial charge on any atom is -0.487 e. The van der Waals surface area contributed by atoms with Crippen molar-refractivity contribution < 1.29 is 14.2 Å². The maximum Gasteiger partial charge on any atom is 0.130 e. The molecule has 4 nitrogen and oxygen atoms in total. The fourth-order valence-electron chi connectivity index (χ4n) is 1.90. The number of benzene rings is 1. The fraction of sp³-hybridized carbons (Fsp3) is 0.312. The quantitative estimate of drug-likeness (QED) is 0.877. The Balaban J connectivity index is 2.10. The lowest BCUT2D eigenvalue weighted by Crippen LogP contribution is -2.03. The number of aliphatic hydroxyl groups excluding tert-OH is 1. The molecule has 2 rings (SSSR count). The van der Waals surface area contributed by atoms with Crippen LogP contribution in [0.15, 0.2) is 24.3 Å². The van der Waals surface area contributed by atoms with Crippen LogP contribution in [-0.2, 0) is 13.7 Å². The van der Waals surface area contributed by atoms with Gasteiger partial charge in [-0.3, -0.25) is 4.68 Å². The summed E-state index contributed by atoms with van der Waals surface area (Å²) >= 11 is 0. The van der Waals surface area contributed by atoms with Crippen molar-refractivity contribution in [2.24, 2.45) is 7.05 Å². The summed E-state index contributed by atoms with van der Waals surface area (Å²) in [5, 5.41) is 12.9. The Morgan fingerprint density at radius 3 is 2.81 bits per heavy atom. The third-order valence-corrected chi connectivity index (χ3v) is 2.83. The Morgan fingerprint density at radius 2 is 2.14 bits per heavy atom. The van der Waals surface area contributed by atoms with Crippen LogP contribution in [0.25, 0.3) is 0 Å². The van der Waals surface area contributed by atoms with Crippen molar-refractivity contribution in [2.75, 3.05) is 6.61 Å². The van der Waals surface area contributed by atoms with E-state index < -0.39 is 5.82 Å². The Kier molecular flexibility index (Phi) is 4.96. The van der Waals surface area contributed by atoms with Crippen LogP contribution in [0.2, 0.25) is 0 Å². The first-order chi connectivity index (χ1) is 10.1. The molecule has 1 aromatic carbocycles. The third kappa shape index (κ3) is 4.33. The summed E-state index contributed by atoms with van der Waals surface area (Å²) in [4.78, 5) is 0. The highest BCUT2D eigenvalue weighted by Gasteiger charge is 2.05. The molecule has 0 spiro atoms. The fourth-order valence-corrected chi connectivity index (χ4v) is 1.90. The molecule has 2 aromatic rings. The van der Waals surface area contributed by atoms with Gasteiger partial charge in [0.2, 0.25) is 0 Å². The van der Waals surface area contributed by atoms with Gasteiger partial charge >= 0.3 is 0 Å². The average molecular weight is 288 g/mol. The van der Waals surface area contributed by atoms with E-state index in [1.807, 2.05) is 20.0 Å². The molecule has 0 aliphatic carbocycles. The molecule has 0 unspecified atom stereocenters. The molecule has 1 aromatic heterocycles. The zero-order valence-electron chi connectivity index (χ0n) is 12.1. The Morgan fingerprint density at radius 1 is 1.33 bits per heavy atom. The first-order valence-electron chi connectivity index (χ1n) is 6.61. The van der Waals surface area contributed by atoms with Gasteiger partial charge in [-0.15, -0.1) is 0 Å². The van der Waals surface area contributed by atoms with Crippen LogP contribution >= 0.6 is 0 Å². The number of halogens is 1. The molecule has 1 N–H and O–H groups in total. The Bertz CT molecular complexity index is 683. The Hall–Kier alpha value is -2.32. The number of hydrogen-bond donors (Lipinski definition) is 1. The summed E-state index contributed by atoms with van der Waals surface area (Å²) in [6.07, 6.45) is 0.362. The van der Waals surface area contributed by atoms with Gasteiger partial charge < -0.3 is 9.84 Å². The van der Waals surface area contributed by atoms with Crippen LogP contribution in [0.3, 0.4) is 0 Å². The number of nitrogens with zero attached hydrogens (tertiary/aromatic N) is 2. The van der Waals surface area contributed by atoms with Gasteiger partial charge in [0, 0.05) is 25.1 Å². The van der Waals surface area contributed by atoms with Crippen LogP contribution in [0.1, 0.15) is 23.4 Å². The van der Waals surface area contributed by atoms with Crippen molar-refractivity contribution in [3.8, 4) is 17.6 Å². The second-order valence-electron chi connectivity index (χ2n) is 4.64. The normalized spacial score (nSPS) is 10.1. The number of aryl methyl sites for hydroxylation is 2. The van der Waals surface area contributed by atoms with E-state index in [0.717, 1.165) is 11.4 Å². The summed E-state index contributed by atoms with van der Waals surface area (Å²) in [7, 11) is 1.84. The number of aromatic nitrogens is 2. The molecule has 0 bridgehead atoms. The predicted molar refractivity (Wildman–Crippen MR) is 77.3 cm³/mol. The second-order valence-corrected chi connectivity index (χ2v) is 4.64. The lowest BCUT2D eigenvalue weighted by molar-refractivity contribution is 0.293. The van der Waals surface area contributed by atoms with Gasteiger partial charge in [0.15, 0.2) is 0 Å². The van der Waals surface area contributed by atoms with Crippen LogP contribution < -0.4 is 4.74 Å². The van der Waals surface area contributed by atoms with Crippen molar-refractivity contribution in [3.05, 3.63) is 47.0 Å². The summed E-state index contributed by atoms with van der Waals surface area (Å²) in [6, 6.07) is 6.25. The molecule has 0 atom stereocenters. The highest BCUT2D eigenvalue weighted by Crippen LogP contribution is 2.17. The van der Waals surface area contributed by atoms with E-state index in [0.29, 0.717) is 24.3 Å². The van der Waals surface area contributed by atoms with Crippen molar-refractivity contribution in [2.45, 2.75) is 20.0 Å². The standard InChI is InChI=1S/C16H17FN2O2/c1-12-7-15(19(2)18-12)11-21-16-9-13(5-3-4-6-20)8-14(17)10-16/h7-10,20H,4,6,11H2,1-2H3. The second kappa shape index (κ2) is 6.91. The minimum atomic E-state index is -0.401. The number of ether oxygens (including phenoxy) is 1. The van der Waals surface area contributed by atoms with Gasteiger partial charge in [-0.05, 0) is 25.1 Å². The summed E-state index contributed by atoms with van der Waals surface area (Å²) in [6.45, 7) is 2.20. The summed E-state index contributed by atoms with van der Waals surface area (Å²) < 4.78 is 20.9. The number of hydrogen-bond acceptors (Lipinski definition) is 3. The monoisotopic (exact) mass is 288 g/mol. The lowest BCUT2D eigenvalue weighted by Gasteiger charge is -2.07. The molecule has 0 amide bonds. The van der Waals surface area contributed by atoms with Crippen molar-refractivity contribution >= 4 is 0 Å². The van der Waals surface area contributed by atoms with E-state index in [2.05, 4.69) is 16.9 Å². The van der Waals surface area contributed by atoms with Crippen LogP contribution in [0.4, 0.5) is 4.39 Å². The molecule has 1 heterocycles. The van der Waals surface area contributed by atoms with E-state index in [9.17, 15) is 4.39 Å². The number of rotatable bonds is 4. The molecule has 0 saturated carbocycles. The maximum atomic E-state index is 13.5. The van der Waals surface area contributed by atoms with E-state index in [4.69, 9.17) is 9.84 Å². The van der Waals surface area contributed by atoms with Gasteiger partial charge in [-0.2, -0.15) is 5.10 Å². The van der Waals surface area contributed by atoms with Crippen molar-refractivity contribution in [1.29, 1.82) is 0 Å². The molecule has 0 aliphatic rings. The van der Waals surface area contributed by atoms with Gasteiger partial charge in [-0.1, -0.05) is 11.8 Å². The largest absolute Gasteiger partial charge is 0.487 e. The Labute approximate surface area is 123 Å². The smallest absolute Gasteiger partial charge is 0.130 e. The SMILES string of the molecule is Cc1cc(COc2cc(F)cc(C#CCCO)c2)n(C)n1. The molecule has 110 valence electrons. The van der Waals surface area contributed by atoms with Crippen molar-refractivity contribution in [3.63, 3.8) is 0 Å². The molecule has 21 heavy (non-hydrogen) atoms. The van der Waals surface area contributed by atoms with E-state index in [1.165, 1.54) is 12.1 Å². The molecule has 0 aliphatic heterocycles. The van der Waals surface area contributed by atoms with Gasteiger partial charge in [0.05, 0.1) is 18.0 Å². The zero-order valence-corrected chi connectivity index (χ0v) is 12.1. The lowest BCUT2D eigenvalue weighted by atomic mass is 10.2. The molecule has 0 saturated heterocycles.